The monoisotopic (exact) mass is 575 g/mol. The van der Waals surface area contributed by atoms with Gasteiger partial charge in [-0.25, -0.2) is 16.8 Å². The van der Waals surface area contributed by atoms with E-state index in [4.69, 9.17) is 14.2 Å². The van der Waals surface area contributed by atoms with Gasteiger partial charge >= 0.3 is 0 Å². The smallest absolute Gasteiger partial charge is 0.264 e. The summed E-state index contributed by atoms with van der Waals surface area (Å²) in [6.07, 6.45) is 0. The number of amides is 1. The molecule has 4 rings (SSSR count). The number of ether oxygens (including phenoxy) is 3. The lowest BCUT2D eigenvalue weighted by Gasteiger charge is -2.26. The van der Waals surface area contributed by atoms with E-state index in [-0.39, 0.29) is 34.3 Å². The second-order valence-corrected chi connectivity index (χ2v) is 12.2. The van der Waals surface area contributed by atoms with Gasteiger partial charge in [-0.3, -0.25) is 9.10 Å². The summed E-state index contributed by atoms with van der Waals surface area (Å²) in [5.74, 6) is 0.108. The number of rotatable bonds is 10. The highest BCUT2D eigenvalue weighted by atomic mass is 32.2. The van der Waals surface area contributed by atoms with Crippen LogP contribution >= 0.6 is 0 Å². The summed E-state index contributed by atoms with van der Waals surface area (Å²) in [6, 6.07) is 18.0. The number of nitrogens with zero attached hydrogens (tertiary/aromatic N) is 2. The number of morpholine rings is 1. The van der Waals surface area contributed by atoms with Crippen molar-refractivity contribution in [3.8, 4) is 11.5 Å². The van der Waals surface area contributed by atoms with Gasteiger partial charge in [-0.05, 0) is 60.7 Å². The molecule has 0 saturated carbocycles. The molecular formula is C26H29N3O8S2. The molecule has 1 aliphatic heterocycles. The topological polar surface area (TPSA) is 132 Å². The van der Waals surface area contributed by atoms with Crippen LogP contribution < -0.4 is 19.1 Å². The minimum Gasteiger partial charge on any atom is -0.497 e. The Morgan fingerprint density at radius 3 is 2.10 bits per heavy atom. The van der Waals surface area contributed by atoms with Crippen LogP contribution in [0, 0.1) is 0 Å². The normalized spacial score (nSPS) is 14.4. The van der Waals surface area contributed by atoms with Crippen molar-refractivity contribution in [2.45, 2.75) is 9.79 Å². The van der Waals surface area contributed by atoms with Crippen molar-refractivity contribution in [1.82, 2.24) is 4.31 Å². The largest absolute Gasteiger partial charge is 0.497 e. The summed E-state index contributed by atoms with van der Waals surface area (Å²) >= 11 is 0. The molecule has 0 atom stereocenters. The standard InChI is InChI=1S/C26H29N3O8S2/c1-35-21-9-13-23(14-10-21)39(33,34)29(24-5-3-4-6-25(24)36-2)19-26(30)27-20-7-11-22(12-8-20)38(31,32)28-15-17-37-18-16-28/h3-14H,15-19H2,1-2H3,(H,27,30). The fraction of sp³-hybridized carbons (Fsp3) is 0.269. The highest BCUT2D eigenvalue weighted by Gasteiger charge is 2.30. The zero-order valence-electron chi connectivity index (χ0n) is 21.4. The third-order valence-electron chi connectivity index (χ3n) is 6.03. The number of carbonyl (C=O) groups excluding carboxylic acids is 1. The molecule has 1 saturated heterocycles. The number of methoxy groups -OCH3 is 2. The second kappa shape index (κ2) is 12.0. The van der Waals surface area contributed by atoms with Crippen molar-refractivity contribution in [2.24, 2.45) is 0 Å². The van der Waals surface area contributed by atoms with E-state index in [0.717, 1.165) is 4.31 Å². The lowest BCUT2D eigenvalue weighted by molar-refractivity contribution is -0.114. The maximum atomic E-state index is 13.7. The van der Waals surface area contributed by atoms with E-state index in [9.17, 15) is 21.6 Å². The number of nitrogens with one attached hydrogen (secondary N) is 1. The van der Waals surface area contributed by atoms with Crippen LogP contribution in [0.3, 0.4) is 0 Å². The molecule has 1 fully saturated rings. The number of sulfonamides is 2. The van der Waals surface area contributed by atoms with E-state index in [1.54, 1.807) is 24.3 Å². The second-order valence-electron chi connectivity index (χ2n) is 8.45. The van der Waals surface area contributed by atoms with Gasteiger partial charge in [-0.2, -0.15) is 4.31 Å². The fourth-order valence-electron chi connectivity index (χ4n) is 3.99. The number of anilines is 2. The Morgan fingerprint density at radius 2 is 1.49 bits per heavy atom. The first-order chi connectivity index (χ1) is 18.7. The van der Waals surface area contributed by atoms with Gasteiger partial charge in [0.1, 0.15) is 18.0 Å². The van der Waals surface area contributed by atoms with Gasteiger partial charge in [-0.15, -0.1) is 0 Å². The molecule has 0 bridgehead atoms. The molecule has 1 heterocycles. The quantitative estimate of drug-likeness (QED) is 0.390. The first-order valence-electron chi connectivity index (χ1n) is 11.9. The maximum Gasteiger partial charge on any atom is 0.264 e. The van der Waals surface area contributed by atoms with Gasteiger partial charge in [0.15, 0.2) is 0 Å². The predicted octanol–water partition coefficient (Wildman–Crippen LogP) is 2.56. The van der Waals surface area contributed by atoms with E-state index >= 15 is 0 Å². The molecule has 1 amide bonds. The van der Waals surface area contributed by atoms with Crippen LogP contribution in [0.4, 0.5) is 11.4 Å². The average molecular weight is 576 g/mol. The fourth-order valence-corrected chi connectivity index (χ4v) is 6.83. The van der Waals surface area contributed by atoms with Crippen LogP contribution in [0.15, 0.2) is 82.6 Å². The van der Waals surface area contributed by atoms with Crippen molar-refractivity contribution in [3.63, 3.8) is 0 Å². The van der Waals surface area contributed by atoms with Gasteiger partial charge in [0, 0.05) is 18.8 Å². The molecule has 0 aliphatic carbocycles. The van der Waals surface area contributed by atoms with Gasteiger partial charge in [-0.1, -0.05) is 12.1 Å². The number of para-hydroxylation sites is 2. The predicted molar refractivity (Wildman–Crippen MR) is 145 cm³/mol. The minimum atomic E-state index is -4.20. The Bertz CT molecular complexity index is 1500. The van der Waals surface area contributed by atoms with Gasteiger partial charge in [0.25, 0.3) is 10.0 Å². The van der Waals surface area contributed by atoms with Crippen molar-refractivity contribution in [3.05, 3.63) is 72.8 Å². The number of benzene rings is 3. The summed E-state index contributed by atoms with van der Waals surface area (Å²) < 4.78 is 71.1. The number of hydrogen-bond donors (Lipinski definition) is 1. The Hall–Kier alpha value is -3.65. The lowest BCUT2D eigenvalue weighted by Crippen LogP contribution is -2.40. The van der Waals surface area contributed by atoms with E-state index in [1.807, 2.05) is 0 Å². The third kappa shape index (κ3) is 6.33. The zero-order valence-corrected chi connectivity index (χ0v) is 23.1. The Morgan fingerprint density at radius 1 is 0.872 bits per heavy atom. The van der Waals surface area contributed by atoms with Crippen molar-refractivity contribution in [1.29, 1.82) is 0 Å². The highest BCUT2D eigenvalue weighted by molar-refractivity contribution is 7.93. The van der Waals surface area contributed by atoms with E-state index < -0.39 is 32.5 Å². The summed E-state index contributed by atoms with van der Waals surface area (Å²) in [6.45, 7) is 0.623. The Kier molecular flexibility index (Phi) is 8.75. The third-order valence-corrected chi connectivity index (χ3v) is 9.72. The van der Waals surface area contributed by atoms with Crippen LogP contribution in [0.2, 0.25) is 0 Å². The first-order valence-corrected chi connectivity index (χ1v) is 14.8. The summed E-state index contributed by atoms with van der Waals surface area (Å²) in [5, 5.41) is 2.65. The van der Waals surface area contributed by atoms with Crippen molar-refractivity contribution in [2.75, 3.05) is 56.7 Å². The molecule has 13 heteroatoms. The van der Waals surface area contributed by atoms with Crippen LogP contribution in [-0.2, 0) is 29.6 Å². The summed E-state index contributed by atoms with van der Waals surface area (Å²) in [4.78, 5) is 13.1. The van der Waals surface area contributed by atoms with Gasteiger partial charge < -0.3 is 19.5 Å². The van der Waals surface area contributed by atoms with Crippen LogP contribution in [0.25, 0.3) is 0 Å². The van der Waals surface area contributed by atoms with Crippen molar-refractivity contribution >= 4 is 37.3 Å². The minimum absolute atomic E-state index is 0.0420. The molecule has 0 radical (unpaired) electrons. The highest BCUT2D eigenvalue weighted by Crippen LogP contribution is 2.32. The summed E-state index contributed by atoms with van der Waals surface area (Å²) in [7, 11) is -5.01. The van der Waals surface area contributed by atoms with E-state index in [1.165, 1.54) is 67.1 Å². The maximum absolute atomic E-state index is 13.7. The molecule has 1 aliphatic rings. The van der Waals surface area contributed by atoms with Crippen molar-refractivity contribution < 1.29 is 35.8 Å². The molecular weight excluding hydrogens is 546 g/mol. The lowest BCUT2D eigenvalue weighted by atomic mass is 10.3. The molecule has 0 unspecified atom stereocenters. The van der Waals surface area contributed by atoms with E-state index in [2.05, 4.69) is 5.32 Å². The Labute approximate surface area is 228 Å². The summed E-state index contributed by atoms with van der Waals surface area (Å²) in [5.41, 5.74) is 0.487. The van der Waals surface area contributed by atoms with E-state index in [0.29, 0.717) is 24.7 Å². The number of hydrogen-bond acceptors (Lipinski definition) is 8. The molecule has 11 nitrogen and oxygen atoms in total. The molecule has 208 valence electrons. The molecule has 0 spiro atoms. The van der Waals surface area contributed by atoms with Gasteiger partial charge in [0.2, 0.25) is 15.9 Å². The molecule has 3 aromatic rings. The molecule has 39 heavy (non-hydrogen) atoms. The molecule has 1 N–H and O–H groups in total. The zero-order chi connectivity index (χ0) is 28.0. The van der Waals surface area contributed by atoms with Gasteiger partial charge in [0.05, 0.1) is 42.9 Å². The SMILES string of the molecule is COc1ccc(S(=O)(=O)N(CC(=O)Nc2ccc(S(=O)(=O)N3CCOCC3)cc2)c2ccccc2OC)cc1. The van der Waals surface area contributed by atoms with Crippen LogP contribution in [0.1, 0.15) is 0 Å². The average Bonchev–Trinajstić information content (AvgIpc) is 2.96. The Balaban J connectivity index is 1.57. The molecule has 0 aromatic heterocycles. The molecule has 3 aromatic carbocycles. The van der Waals surface area contributed by atoms with Crippen LogP contribution in [0.5, 0.6) is 11.5 Å². The number of carbonyl (C=O) groups is 1. The van der Waals surface area contributed by atoms with Crippen LogP contribution in [-0.4, -0.2) is 74.1 Å². The first kappa shape index (κ1) is 28.4.